The van der Waals surface area contributed by atoms with Gasteiger partial charge in [0, 0.05) is 23.6 Å². The van der Waals surface area contributed by atoms with E-state index < -0.39 is 0 Å². The van der Waals surface area contributed by atoms with Crippen molar-refractivity contribution >= 4 is 5.84 Å². The standard InChI is InChI=1S/C8H12N4O/c9-7(12-13)3-6-4-10-11-8(6)5-1-2-5/h4-5,13H,1-3H2,(H2,9,12)(H,10,11). The van der Waals surface area contributed by atoms with E-state index in [1.165, 1.54) is 12.8 Å². The van der Waals surface area contributed by atoms with Crippen molar-refractivity contribution in [2.45, 2.75) is 25.2 Å². The topological polar surface area (TPSA) is 87.3 Å². The zero-order valence-electron chi connectivity index (χ0n) is 7.20. The van der Waals surface area contributed by atoms with Gasteiger partial charge in [-0.3, -0.25) is 5.10 Å². The number of nitrogens with one attached hydrogen (secondary N) is 1. The summed E-state index contributed by atoms with van der Waals surface area (Å²) >= 11 is 0. The molecule has 0 bridgehead atoms. The van der Waals surface area contributed by atoms with E-state index in [2.05, 4.69) is 15.4 Å². The molecule has 0 saturated heterocycles. The molecule has 0 aliphatic heterocycles. The molecule has 0 unspecified atom stereocenters. The van der Waals surface area contributed by atoms with Crippen molar-refractivity contribution in [1.82, 2.24) is 10.2 Å². The minimum absolute atomic E-state index is 0.225. The molecular formula is C8H12N4O. The molecule has 4 N–H and O–H groups in total. The summed E-state index contributed by atoms with van der Waals surface area (Å²) in [5, 5.41) is 18.3. The second kappa shape index (κ2) is 3.08. The van der Waals surface area contributed by atoms with E-state index in [0.717, 1.165) is 11.3 Å². The highest BCUT2D eigenvalue weighted by Crippen LogP contribution is 2.40. The maximum absolute atomic E-state index is 8.41. The first-order valence-electron chi connectivity index (χ1n) is 4.30. The molecule has 1 aromatic heterocycles. The molecule has 1 aromatic rings. The number of nitrogens with zero attached hydrogens (tertiary/aromatic N) is 2. The minimum Gasteiger partial charge on any atom is -0.409 e. The lowest BCUT2D eigenvalue weighted by Crippen LogP contribution is -2.15. The van der Waals surface area contributed by atoms with E-state index in [0.29, 0.717) is 12.3 Å². The Morgan fingerprint density at radius 1 is 1.77 bits per heavy atom. The van der Waals surface area contributed by atoms with Gasteiger partial charge in [0.2, 0.25) is 0 Å². The fourth-order valence-electron chi connectivity index (χ4n) is 1.42. The molecule has 2 rings (SSSR count). The van der Waals surface area contributed by atoms with E-state index in [-0.39, 0.29) is 5.84 Å². The second-order valence-corrected chi connectivity index (χ2v) is 3.35. The van der Waals surface area contributed by atoms with Crippen molar-refractivity contribution in [2.75, 3.05) is 0 Å². The largest absolute Gasteiger partial charge is 0.409 e. The average molecular weight is 180 g/mol. The van der Waals surface area contributed by atoms with Crippen molar-refractivity contribution in [3.05, 3.63) is 17.5 Å². The number of amidine groups is 1. The van der Waals surface area contributed by atoms with Crippen LogP contribution in [0.25, 0.3) is 0 Å². The molecular weight excluding hydrogens is 168 g/mol. The number of nitrogens with two attached hydrogens (primary N) is 1. The maximum atomic E-state index is 8.41. The summed E-state index contributed by atoms with van der Waals surface area (Å²) in [4.78, 5) is 0. The van der Waals surface area contributed by atoms with Gasteiger partial charge in [0.15, 0.2) is 0 Å². The van der Waals surface area contributed by atoms with Gasteiger partial charge in [-0.05, 0) is 12.8 Å². The number of hydrogen-bond acceptors (Lipinski definition) is 3. The van der Waals surface area contributed by atoms with Gasteiger partial charge in [-0.1, -0.05) is 5.16 Å². The van der Waals surface area contributed by atoms with Gasteiger partial charge in [0.1, 0.15) is 5.84 Å². The summed E-state index contributed by atoms with van der Waals surface area (Å²) in [5.41, 5.74) is 7.60. The highest BCUT2D eigenvalue weighted by molar-refractivity contribution is 5.82. The maximum Gasteiger partial charge on any atom is 0.143 e. The number of oxime groups is 1. The molecule has 0 amide bonds. The van der Waals surface area contributed by atoms with Crippen molar-refractivity contribution in [3.8, 4) is 0 Å². The Morgan fingerprint density at radius 2 is 2.54 bits per heavy atom. The molecule has 0 atom stereocenters. The third-order valence-electron chi connectivity index (χ3n) is 2.24. The number of aromatic amines is 1. The highest BCUT2D eigenvalue weighted by atomic mass is 16.4. The Kier molecular flexibility index (Phi) is 1.92. The Balaban J connectivity index is 2.14. The molecule has 1 aliphatic rings. The second-order valence-electron chi connectivity index (χ2n) is 3.35. The van der Waals surface area contributed by atoms with E-state index in [1.807, 2.05) is 0 Å². The van der Waals surface area contributed by atoms with E-state index >= 15 is 0 Å². The lowest BCUT2D eigenvalue weighted by molar-refractivity contribution is 0.317. The summed E-state index contributed by atoms with van der Waals surface area (Å²) in [6.45, 7) is 0. The van der Waals surface area contributed by atoms with Crippen LogP contribution in [0.15, 0.2) is 11.4 Å². The number of H-pyrrole nitrogens is 1. The molecule has 70 valence electrons. The Bertz CT molecular complexity index is 327. The third-order valence-corrected chi connectivity index (χ3v) is 2.24. The molecule has 1 fully saturated rings. The van der Waals surface area contributed by atoms with E-state index in [4.69, 9.17) is 10.9 Å². The first-order valence-corrected chi connectivity index (χ1v) is 4.30. The summed E-state index contributed by atoms with van der Waals surface area (Å²) < 4.78 is 0. The van der Waals surface area contributed by atoms with Gasteiger partial charge >= 0.3 is 0 Å². The molecule has 13 heavy (non-hydrogen) atoms. The number of rotatable bonds is 3. The van der Waals surface area contributed by atoms with Crippen LogP contribution >= 0.6 is 0 Å². The van der Waals surface area contributed by atoms with Gasteiger partial charge < -0.3 is 10.9 Å². The van der Waals surface area contributed by atoms with Crippen LogP contribution in [0.1, 0.15) is 30.0 Å². The summed E-state index contributed by atoms with van der Waals surface area (Å²) in [6.07, 6.45) is 4.64. The van der Waals surface area contributed by atoms with Crippen molar-refractivity contribution in [1.29, 1.82) is 0 Å². The Hall–Kier alpha value is -1.52. The Labute approximate surface area is 75.6 Å². The third kappa shape index (κ3) is 1.63. The van der Waals surface area contributed by atoms with Crippen LogP contribution in [0, 0.1) is 0 Å². The van der Waals surface area contributed by atoms with E-state index in [9.17, 15) is 0 Å². The van der Waals surface area contributed by atoms with Crippen LogP contribution in [0.4, 0.5) is 0 Å². The smallest absolute Gasteiger partial charge is 0.143 e. The normalized spacial score (nSPS) is 17.7. The molecule has 1 aliphatic carbocycles. The Morgan fingerprint density at radius 3 is 3.15 bits per heavy atom. The SMILES string of the molecule is N/C(Cc1cn[nH]c1C1CC1)=N\O. The number of hydrogen-bond donors (Lipinski definition) is 3. The summed E-state index contributed by atoms with van der Waals surface area (Å²) in [5.74, 6) is 0.840. The summed E-state index contributed by atoms with van der Waals surface area (Å²) in [6, 6.07) is 0. The van der Waals surface area contributed by atoms with Crippen LogP contribution in [-0.2, 0) is 6.42 Å². The first kappa shape index (κ1) is 8.10. The lowest BCUT2D eigenvalue weighted by atomic mass is 10.1. The molecule has 5 heteroatoms. The van der Waals surface area contributed by atoms with Crippen LogP contribution in [0.2, 0.25) is 0 Å². The van der Waals surface area contributed by atoms with Gasteiger partial charge in [-0.15, -0.1) is 0 Å². The predicted octanol–water partition coefficient (Wildman–Crippen LogP) is 0.576. The molecule has 0 spiro atoms. The molecule has 0 aromatic carbocycles. The minimum atomic E-state index is 0.225. The fourth-order valence-corrected chi connectivity index (χ4v) is 1.42. The molecule has 0 radical (unpaired) electrons. The fraction of sp³-hybridized carbons (Fsp3) is 0.500. The number of aromatic nitrogens is 2. The quantitative estimate of drug-likeness (QED) is 0.275. The summed E-state index contributed by atoms with van der Waals surface area (Å²) in [7, 11) is 0. The van der Waals surface area contributed by atoms with Crippen LogP contribution in [-0.4, -0.2) is 21.2 Å². The predicted molar refractivity (Wildman–Crippen MR) is 47.7 cm³/mol. The van der Waals surface area contributed by atoms with Crippen molar-refractivity contribution in [2.24, 2.45) is 10.9 Å². The lowest BCUT2D eigenvalue weighted by Gasteiger charge is -1.98. The van der Waals surface area contributed by atoms with Crippen LogP contribution in [0.3, 0.4) is 0 Å². The average Bonchev–Trinajstić information content (AvgIpc) is 2.88. The molecule has 1 heterocycles. The zero-order valence-corrected chi connectivity index (χ0v) is 7.20. The van der Waals surface area contributed by atoms with Crippen LogP contribution in [0.5, 0.6) is 0 Å². The van der Waals surface area contributed by atoms with Crippen molar-refractivity contribution in [3.63, 3.8) is 0 Å². The van der Waals surface area contributed by atoms with E-state index in [1.54, 1.807) is 6.20 Å². The monoisotopic (exact) mass is 180 g/mol. The highest BCUT2D eigenvalue weighted by Gasteiger charge is 2.27. The van der Waals surface area contributed by atoms with Gasteiger partial charge in [0.25, 0.3) is 0 Å². The van der Waals surface area contributed by atoms with Gasteiger partial charge in [-0.2, -0.15) is 5.10 Å². The van der Waals surface area contributed by atoms with Gasteiger partial charge in [0.05, 0.1) is 6.20 Å². The molecule has 5 nitrogen and oxygen atoms in total. The van der Waals surface area contributed by atoms with Crippen molar-refractivity contribution < 1.29 is 5.21 Å². The zero-order chi connectivity index (χ0) is 9.26. The first-order chi connectivity index (χ1) is 6.31. The van der Waals surface area contributed by atoms with Crippen LogP contribution < -0.4 is 5.73 Å². The van der Waals surface area contributed by atoms with Gasteiger partial charge in [-0.25, -0.2) is 0 Å². The molecule has 1 saturated carbocycles.